The molecule has 0 saturated heterocycles. The molecule has 0 spiro atoms. The number of esters is 1. The van der Waals surface area contributed by atoms with Crippen LogP contribution in [0.5, 0.6) is 0 Å². The van der Waals surface area contributed by atoms with E-state index in [1.165, 1.54) is 12.7 Å². The Balaban J connectivity index is 0.00000288. The molecule has 1 aliphatic rings. The molecular formula is C17H25ClIN3O2. The van der Waals surface area contributed by atoms with Gasteiger partial charge in [0.15, 0.2) is 5.96 Å². The number of hydrogen-bond donors (Lipinski definition) is 2. The van der Waals surface area contributed by atoms with E-state index >= 15 is 0 Å². The zero-order valence-electron chi connectivity index (χ0n) is 14.3. The smallest absolute Gasteiger partial charge is 0.310 e. The van der Waals surface area contributed by atoms with Crippen LogP contribution >= 0.6 is 35.6 Å². The van der Waals surface area contributed by atoms with Crippen molar-refractivity contribution in [3.63, 3.8) is 0 Å². The third-order valence-electron chi connectivity index (χ3n) is 4.29. The van der Waals surface area contributed by atoms with Crippen LogP contribution in [0, 0.1) is 5.92 Å². The Morgan fingerprint density at radius 1 is 1.42 bits per heavy atom. The number of carbonyl (C=O) groups is 1. The van der Waals surface area contributed by atoms with E-state index in [4.69, 9.17) is 16.3 Å². The van der Waals surface area contributed by atoms with Crippen LogP contribution in [0.3, 0.4) is 0 Å². The SMILES string of the molecule is CN=C(NCC(C)C(=O)OC)NCC1(c2cccc(Cl)c2)CC1.I. The lowest BCUT2D eigenvalue weighted by Crippen LogP contribution is -2.43. The molecule has 1 aliphatic carbocycles. The van der Waals surface area contributed by atoms with E-state index in [-0.39, 0.29) is 41.3 Å². The largest absolute Gasteiger partial charge is 0.469 e. The van der Waals surface area contributed by atoms with Crippen LogP contribution in [-0.2, 0) is 14.9 Å². The summed E-state index contributed by atoms with van der Waals surface area (Å²) in [6.07, 6.45) is 2.27. The Labute approximate surface area is 165 Å². The highest BCUT2D eigenvalue weighted by Gasteiger charge is 2.44. The van der Waals surface area contributed by atoms with Crippen LogP contribution in [0.25, 0.3) is 0 Å². The van der Waals surface area contributed by atoms with E-state index in [1.54, 1.807) is 7.05 Å². The summed E-state index contributed by atoms with van der Waals surface area (Å²) in [5, 5.41) is 7.27. The maximum atomic E-state index is 11.4. The third kappa shape index (κ3) is 5.51. The van der Waals surface area contributed by atoms with Gasteiger partial charge in [-0.05, 0) is 30.5 Å². The summed E-state index contributed by atoms with van der Waals surface area (Å²) in [5.74, 6) is 0.237. The molecule has 2 rings (SSSR count). The Morgan fingerprint density at radius 3 is 2.67 bits per heavy atom. The lowest BCUT2D eigenvalue weighted by molar-refractivity contribution is -0.144. The minimum atomic E-state index is -0.231. The fraction of sp³-hybridized carbons (Fsp3) is 0.529. The van der Waals surface area contributed by atoms with Crippen LogP contribution < -0.4 is 10.6 Å². The molecule has 1 atom stereocenters. The van der Waals surface area contributed by atoms with Gasteiger partial charge in [-0.2, -0.15) is 0 Å². The number of methoxy groups -OCH3 is 1. The first-order valence-corrected chi connectivity index (χ1v) is 8.17. The highest BCUT2D eigenvalue weighted by molar-refractivity contribution is 14.0. The van der Waals surface area contributed by atoms with E-state index < -0.39 is 0 Å². The molecule has 0 amide bonds. The predicted octanol–water partition coefficient (Wildman–Crippen LogP) is 2.96. The average molecular weight is 466 g/mol. The lowest BCUT2D eigenvalue weighted by Gasteiger charge is -2.20. The second-order valence-electron chi connectivity index (χ2n) is 6.02. The van der Waals surface area contributed by atoms with Gasteiger partial charge in [-0.3, -0.25) is 9.79 Å². The van der Waals surface area contributed by atoms with Gasteiger partial charge < -0.3 is 15.4 Å². The van der Waals surface area contributed by atoms with Crippen LogP contribution in [0.1, 0.15) is 25.3 Å². The molecule has 2 N–H and O–H groups in total. The number of halogens is 2. The maximum Gasteiger partial charge on any atom is 0.310 e. The number of ether oxygens (including phenoxy) is 1. The van der Waals surface area contributed by atoms with Crippen molar-refractivity contribution in [2.75, 3.05) is 27.2 Å². The first-order valence-electron chi connectivity index (χ1n) is 7.79. The van der Waals surface area contributed by atoms with E-state index in [0.29, 0.717) is 12.5 Å². The van der Waals surface area contributed by atoms with E-state index in [0.717, 1.165) is 24.4 Å². The fourth-order valence-electron chi connectivity index (χ4n) is 2.54. The van der Waals surface area contributed by atoms with Crippen LogP contribution in [0.15, 0.2) is 29.3 Å². The van der Waals surface area contributed by atoms with Gasteiger partial charge in [0.05, 0.1) is 13.0 Å². The standard InChI is InChI=1S/C17H24ClN3O2.HI/c1-12(15(22)23-3)10-20-16(19-2)21-11-17(7-8-17)13-5-4-6-14(18)9-13;/h4-6,9,12H,7-8,10-11H2,1-3H3,(H2,19,20,21);1H. The van der Waals surface area contributed by atoms with Gasteiger partial charge in [-0.1, -0.05) is 30.7 Å². The molecule has 7 heteroatoms. The van der Waals surface area contributed by atoms with Gasteiger partial charge in [0.1, 0.15) is 0 Å². The zero-order valence-corrected chi connectivity index (χ0v) is 17.4. The monoisotopic (exact) mass is 465 g/mol. The number of carbonyl (C=O) groups excluding carboxylic acids is 1. The quantitative estimate of drug-likeness (QED) is 0.293. The minimum absolute atomic E-state index is 0. The van der Waals surface area contributed by atoms with Crippen molar-refractivity contribution in [3.05, 3.63) is 34.9 Å². The number of guanidine groups is 1. The average Bonchev–Trinajstić information content (AvgIpc) is 3.35. The Kier molecular flexibility index (Phi) is 8.29. The maximum absolute atomic E-state index is 11.4. The van der Waals surface area contributed by atoms with E-state index in [9.17, 15) is 4.79 Å². The molecule has 1 saturated carbocycles. The summed E-state index contributed by atoms with van der Waals surface area (Å²) in [6.45, 7) is 3.09. The fourth-order valence-corrected chi connectivity index (χ4v) is 2.73. The molecule has 0 heterocycles. The van der Waals surface area contributed by atoms with E-state index in [2.05, 4.69) is 21.7 Å². The summed E-state index contributed by atoms with van der Waals surface area (Å²) in [5.41, 5.74) is 1.40. The molecule has 5 nitrogen and oxygen atoms in total. The van der Waals surface area contributed by atoms with Crippen molar-refractivity contribution in [1.29, 1.82) is 0 Å². The first-order chi connectivity index (χ1) is 11.0. The molecular weight excluding hydrogens is 441 g/mol. The van der Waals surface area contributed by atoms with Gasteiger partial charge in [0.2, 0.25) is 0 Å². The van der Waals surface area contributed by atoms with Gasteiger partial charge in [0.25, 0.3) is 0 Å². The van der Waals surface area contributed by atoms with Gasteiger partial charge in [-0.15, -0.1) is 24.0 Å². The number of nitrogens with one attached hydrogen (secondary N) is 2. The Morgan fingerprint density at radius 2 is 2.12 bits per heavy atom. The summed E-state index contributed by atoms with van der Waals surface area (Å²) >= 11 is 6.10. The van der Waals surface area contributed by atoms with Crippen molar-refractivity contribution in [1.82, 2.24) is 10.6 Å². The highest BCUT2D eigenvalue weighted by atomic mass is 127. The molecule has 1 aromatic carbocycles. The Bertz CT molecular complexity index is 591. The summed E-state index contributed by atoms with van der Waals surface area (Å²) < 4.78 is 4.72. The second kappa shape index (κ2) is 9.46. The molecule has 0 radical (unpaired) electrons. The second-order valence-corrected chi connectivity index (χ2v) is 6.46. The molecule has 24 heavy (non-hydrogen) atoms. The Hall–Kier alpha value is -1.02. The van der Waals surface area contributed by atoms with Crippen molar-refractivity contribution >= 4 is 47.5 Å². The molecule has 0 aromatic heterocycles. The predicted molar refractivity (Wildman–Crippen MR) is 108 cm³/mol. The number of benzene rings is 1. The van der Waals surface area contributed by atoms with E-state index in [1.807, 2.05) is 25.1 Å². The molecule has 1 unspecified atom stereocenters. The summed E-state index contributed by atoms with van der Waals surface area (Å²) in [7, 11) is 3.12. The zero-order chi connectivity index (χ0) is 16.9. The van der Waals surface area contributed by atoms with Gasteiger partial charge >= 0.3 is 5.97 Å². The number of rotatable bonds is 6. The summed E-state index contributed by atoms with van der Waals surface area (Å²) in [4.78, 5) is 15.6. The lowest BCUT2D eigenvalue weighted by atomic mass is 9.96. The molecule has 0 aliphatic heterocycles. The van der Waals surface area contributed by atoms with Crippen molar-refractivity contribution in [2.24, 2.45) is 10.9 Å². The number of hydrogen-bond acceptors (Lipinski definition) is 3. The number of aliphatic imine (C=N–C) groups is 1. The first kappa shape index (κ1) is 21.0. The summed E-state index contributed by atoms with van der Waals surface area (Å²) in [6, 6.07) is 8.04. The molecule has 1 aromatic rings. The normalized spacial score (nSPS) is 16.6. The minimum Gasteiger partial charge on any atom is -0.469 e. The van der Waals surface area contributed by atoms with Crippen LogP contribution in [0.2, 0.25) is 5.02 Å². The molecule has 0 bridgehead atoms. The van der Waals surface area contributed by atoms with Crippen LogP contribution in [-0.4, -0.2) is 39.2 Å². The van der Waals surface area contributed by atoms with Gasteiger partial charge in [0, 0.05) is 30.6 Å². The third-order valence-corrected chi connectivity index (χ3v) is 4.52. The van der Waals surface area contributed by atoms with Crippen molar-refractivity contribution < 1.29 is 9.53 Å². The number of nitrogens with zero attached hydrogens (tertiary/aromatic N) is 1. The molecule has 1 fully saturated rings. The van der Waals surface area contributed by atoms with Crippen molar-refractivity contribution in [2.45, 2.75) is 25.2 Å². The topological polar surface area (TPSA) is 62.7 Å². The highest BCUT2D eigenvalue weighted by Crippen LogP contribution is 2.48. The molecule has 134 valence electrons. The van der Waals surface area contributed by atoms with Gasteiger partial charge in [-0.25, -0.2) is 0 Å². The van der Waals surface area contributed by atoms with Crippen molar-refractivity contribution in [3.8, 4) is 0 Å². The van der Waals surface area contributed by atoms with Crippen LogP contribution in [0.4, 0.5) is 0 Å².